The molecule has 1 aliphatic heterocycles. The lowest BCUT2D eigenvalue weighted by Crippen LogP contribution is -2.41. The van der Waals surface area contributed by atoms with Gasteiger partial charge in [-0.2, -0.15) is 0 Å². The van der Waals surface area contributed by atoms with Gasteiger partial charge in [0.05, 0.1) is 5.60 Å². The van der Waals surface area contributed by atoms with Crippen LogP contribution in [0.4, 0.5) is 0 Å². The molecular formula is C12H23NO. The molecule has 0 unspecified atom stereocenters. The Balaban J connectivity index is 2.43. The molecule has 0 fully saturated rings. The van der Waals surface area contributed by atoms with E-state index in [1.54, 1.807) is 5.57 Å². The van der Waals surface area contributed by atoms with Crippen molar-refractivity contribution >= 4 is 0 Å². The summed E-state index contributed by atoms with van der Waals surface area (Å²) in [5.41, 5.74) is 1.00. The van der Waals surface area contributed by atoms with E-state index in [9.17, 15) is 5.11 Å². The van der Waals surface area contributed by atoms with Gasteiger partial charge in [0.15, 0.2) is 0 Å². The fourth-order valence-corrected chi connectivity index (χ4v) is 1.94. The molecule has 1 aliphatic rings. The summed E-state index contributed by atoms with van der Waals surface area (Å²) in [5, 5.41) is 9.68. The van der Waals surface area contributed by atoms with Crippen molar-refractivity contribution in [1.82, 2.24) is 4.90 Å². The molecule has 0 atom stereocenters. The number of β-amino-alcohol motifs (C(OH)–C–C–N with tert-alkyl or cyclic N) is 1. The van der Waals surface area contributed by atoms with Crippen LogP contribution in [0.1, 0.15) is 34.1 Å². The summed E-state index contributed by atoms with van der Waals surface area (Å²) in [6.07, 6.45) is 3.48. The van der Waals surface area contributed by atoms with Crippen LogP contribution in [0.2, 0.25) is 0 Å². The fraction of sp³-hybridized carbons (Fsp3) is 0.833. The Morgan fingerprint density at radius 2 is 2.14 bits per heavy atom. The average molecular weight is 197 g/mol. The van der Waals surface area contributed by atoms with Gasteiger partial charge in [-0.15, -0.1) is 0 Å². The zero-order valence-corrected chi connectivity index (χ0v) is 9.88. The number of hydrogen-bond acceptors (Lipinski definition) is 2. The molecule has 0 saturated heterocycles. The van der Waals surface area contributed by atoms with Crippen molar-refractivity contribution < 1.29 is 5.11 Å². The first-order chi connectivity index (χ1) is 6.38. The third kappa shape index (κ3) is 3.81. The predicted octanol–water partition coefficient (Wildman–Crippen LogP) is 2.05. The highest BCUT2D eigenvalue weighted by atomic mass is 16.3. The quantitative estimate of drug-likeness (QED) is 0.700. The van der Waals surface area contributed by atoms with Gasteiger partial charge in [-0.3, -0.25) is 4.90 Å². The van der Waals surface area contributed by atoms with Crippen molar-refractivity contribution in [1.29, 1.82) is 0 Å². The van der Waals surface area contributed by atoms with Gasteiger partial charge in [0.1, 0.15) is 0 Å². The van der Waals surface area contributed by atoms with Crippen molar-refractivity contribution in [2.45, 2.75) is 39.7 Å². The Labute approximate surface area is 87.6 Å². The molecule has 0 radical (unpaired) electrons. The summed E-state index contributed by atoms with van der Waals surface area (Å²) in [5.74, 6) is 0.680. The Hall–Kier alpha value is -0.340. The second-order valence-electron chi connectivity index (χ2n) is 5.23. The van der Waals surface area contributed by atoms with Gasteiger partial charge in [0.25, 0.3) is 0 Å². The largest absolute Gasteiger partial charge is 0.389 e. The Kier molecular flexibility index (Phi) is 3.73. The molecule has 2 heteroatoms. The minimum atomic E-state index is -0.566. The molecule has 0 saturated carbocycles. The molecular weight excluding hydrogens is 174 g/mol. The second kappa shape index (κ2) is 4.45. The highest BCUT2D eigenvalue weighted by molar-refractivity contribution is 5.09. The number of aliphatic hydroxyl groups is 1. The lowest BCUT2D eigenvalue weighted by molar-refractivity contribution is 0.0386. The maximum absolute atomic E-state index is 9.68. The lowest BCUT2D eigenvalue weighted by Gasteiger charge is -2.32. The summed E-state index contributed by atoms with van der Waals surface area (Å²) in [7, 11) is 0. The highest BCUT2D eigenvalue weighted by Crippen LogP contribution is 2.19. The predicted molar refractivity (Wildman–Crippen MR) is 60.3 cm³/mol. The van der Waals surface area contributed by atoms with E-state index in [1.807, 2.05) is 13.8 Å². The maximum atomic E-state index is 9.68. The third-order valence-corrected chi connectivity index (χ3v) is 2.68. The van der Waals surface area contributed by atoms with Gasteiger partial charge >= 0.3 is 0 Å². The van der Waals surface area contributed by atoms with E-state index < -0.39 is 5.60 Å². The average Bonchev–Trinajstić information content (AvgIpc) is 2.02. The van der Waals surface area contributed by atoms with E-state index in [0.717, 1.165) is 26.1 Å². The summed E-state index contributed by atoms with van der Waals surface area (Å²) in [6.45, 7) is 11.1. The van der Waals surface area contributed by atoms with Crippen molar-refractivity contribution in [2.75, 3.05) is 19.6 Å². The van der Waals surface area contributed by atoms with Crippen molar-refractivity contribution in [2.24, 2.45) is 5.92 Å². The first-order valence-corrected chi connectivity index (χ1v) is 5.52. The van der Waals surface area contributed by atoms with Crippen LogP contribution in [-0.4, -0.2) is 35.2 Å². The van der Waals surface area contributed by atoms with E-state index in [1.165, 1.54) is 0 Å². The fourth-order valence-electron chi connectivity index (χ4n) is 1.94. The molecule has 0 aromatic heterocycles. The minimum absolute atomic E-state index is 0.566. The third-order valence-electron chi connectivity index (χ3n) is 2.68. The monoisotopic (exact) mass is 197 g/mol. The van der Waals surface area contributed by atoms with Gasteiger partial charge in [-0.25, -0.2) is 0 Å². The standard InChI is InChI=1S/C12H23NO/c1-10(2)11-5-7-13(8-6-11)9-12(3,4)14/h5,10,14H,6-9H2,1-4H3. The van der Waals surface area contributed by atoms with Crippen LogP contribution >= 0.6 is 0 Å². The highest BCUT2D eigenvalue weighted by Gasteiger charge is 2.20. The lowest BCUT2D eigenvalue weighted by atomic mass is 9.96. The first-order valence-electron chi connectivity index (χ1n) is 5.52. The molecule has 1 rings (SSSR count). The Bertz CT molecular complexity index is 213. The van der Waals surface area contributed by atoms with Crippen LogP contribution < -0.4 is 0 Å². The van der Waals surface area contributed by atoms with Crippen molar-refractivity contribution in [3.05, 3.63) is 11.6 Å². The topological polar surface area (TPSA) is 23.5 Å². The number of rotatable bonds is 3. The summed E-state index contributed by atoms with van der Waals surface area (Å²) >= 11 is 0. The zero-order chi connectivity index (χ0) is 10.8. The molecule has 0 bridgehead atoms. The molecule has 82 valence electrons. The molecule has 0 aliphatic carbocycles. The molecule has 0 aromatic rings. The Morgan fingerprint density at radius 3 is 2.50 bits per heavy atom. The molecule has 0 spiro atoms. The maximum Gasteiger partial charge on any atom is 0.0718 e. The van der Waals surface area contributed by atoms with Crippen LogP contribution in [0, 0.1) is 5.92 Å². The number of hydrogen-bond donors (Lipinski definition) is 1. The molecule has 0 aromatic carbocycles. The molecule has 1 N–H and O–H groups in total. The van der Waals surface area contributed by atoms with Gasteiger partial charge in [-0.1, -0.05) is 25.5 Å². The van der Waals surface area contributed by atoms with Crippen LogP contribution in [-0.2, 0) is 0 Å². The van der Waals surface area contributed by atoms with Gasteiger partial charge < -0.3 is 5.11 Å². The van der Waals surface area contributed by atoms with Crippen LogP contribution in [0.5, 0.6) is 0 Å². The van der Waals surface area contributed by atoms with Crippen LogP contribution in [0.3, 0.4) is 0 Å². The van der Waals surface area contributed by atoms with E-state index in [2.05, 4.69) is 24.8 Å². The van der Waals surface area contributed by atoms with E-state index in [-0.39, 0.29) is 0 Å². The van der Waals surface area contributed by atoms with Gasteiger partial charge in [0, 0.05) is 19.6 Å². The van der Waals surface area contributed by atoms with Gasteiger partial charge in [0.2, 0.25) is 0 Å². The zero-order valence-electron chi connectivity index (χ0n) is 9.88. The van der Waals surface area contributed by atoms with Crippen molar-refractivity contribution in [3.8, 4) is 0 Å². The molecule has 2 nitrogen and oxygen atoms in total. The van der Waals surface area contributed by atoms with Crippen molar-refractivity contribution in [3.63, 3.8) is 0 Å². The first kappa shape index (κ1) is 11.7. The van der Waals surface area contributed by atoms with Crippen LogP contribution in [0.15, 0.2) is 11.6 Å². The summed E-state index contributed by atoms with van der Waals surface area (Å²) < 4.78 is 0. The normalized spacial score (nSPS) is 20.0. The SMILES string of the molecule is CC(C)C1=CCN(CC(C)(C)O)CC1. The minimum Gasteiger partial charge on any atom is -0.389 e. The Morgan fingerprint density at radius 1 is 1.50 bits per heavy atom. The smallest absolute Gasteiger partial charge is 0.0718 e. The molecule has 14 heavy (non-hydrogen) atoms. The second-order valence-corrected chi connectivity index (χ2v) is 5.23. The van der Waals surface area contributed by atoms with E-state index >= 15 is 0 Å². The van der Waals surface area contributed by atoms with E-state index in [0.29, 0.717) is 5.92 Å². The van der Waals surface area contributed by atoms with E-state index in [4.69, 9.17) is 0 Å². The molecule has 0 amide bonds. The molecule has 1 heterocycles. The summed E-state index contributed by atoms with van der Waals surface area (Å²) in [6, 6.07) is 0. The van der Waals surface area contributed by atoms with Gasteiger partial charge in [-0.05, 0) is 26.2 Å². The van der Waals surface area contributed by atoms with Crippen LogP contribution in [0.25, 0.3) is 0 Å². The summed E-state index contributed by atoms with van der Waals surface area (Å²) in [4.78, 5) is 2.31. The number of nitrogens with zero attached hydrogens (tertiary/aromatic N) is 1.